The van der Waals surface area contributed by atoms with E-state index in [1.807, 2.05) is 0 Å². The zero-order valence-electron chi connectivity index (χ0n) is 7.28. The van der Waals surface area contributed by atoms with Crippen molar-refractivity contribution in [2.24, 2.45) is 0 Å². The minimum Gasteiger partial charge on any atom is -0.396 e. The molecule has 0 radical (unpaired) electrons. The van der Waals surface area contributed by atoms with Crippen LogP contribution < -0.4 is 0 Å². The van der Waals surface area contributed by atoms with Gasteiger partial charge in [-0.05, 0) is 10.4 Å². The van der Waals surface area contributed by atoms with Crippen LogP contribution in [0.5, 0.6) is 0 Å². The first-order chi connectivity index (χ1) is 6.90. The molecule has 1 N–H and O–H groups in total. The average molecular weight is 192 g/mol. The fourth-order valence-corrected chi connectivity index (χ4v) is 1.01. The summed E-state index contributed by atoms with van der Waals surface area (Å²) in [6, 6.07) is 0. The molecule has 7 nitrogen and oxygen atoms in total. The summed E-state index contributed by atoms with van der Waals surface area (Å²) in [5, 5.41) is 19.4. The van der Waals surface area contributed by atoms with E-state index >= 15 is 0 Å². The second-order valence-corrected chi connectivity index (χ2v) is 2.60. The molecule has 2 heterocycles. The highest BCUT2D eigenvalue weighted by Crippen LogP contribution is 2.00. The maximum atomic E-state index is 8.73. The molecular formula is C7H8N6O. The van der Waals surface area contributed by atoms with Crippen molar-refractivity contribution in [2.45, 2.75) is 6.42 Å². The van der Waals surface area contributed by atoms with Crippen molar-refractivity contribution >= 4 is 0 Å². The lowest BCUT2D eigenvalue weighted by molar-refractivity contribution is 0.298. The zero-order valence-corrected chi connectivity index (χ0v) is 7.28. The van der Waals surface area contributed by atoms with Gasteiger partial charge in [-0.2, -0.15) is 4.68 Å². The van der Waals surface area contributed by atoms with Crippen LogP contribution in [-0.4, -0.2) is 41.9 Å². The van der Waals surface area contributed by atoms with Gasteiger partial charge in [0.15, 0.2) is 5.82 Å². The molecule has 0 bridgehead atoms. The SMILES string of the molecule is OCCc1cncc(-n2cnnn2)n1. The lowest BCUT2D eigenvalue weighted by atomic mass is 10.3. The highest BCUT2D eigenvalue weighted by molar-refractivity contribution is 5.16. The van der Waals surface area contributed by atoms with E-state index in [2.05, 4.69) is 25.5 Å². The topological polar surface area (TPSA) is 89.6 Å². The Hall–Kier alpha value is -1.89. The molecule has 2 aromatic rings. The summed E-state index contributed by atoms with van der Waals surface area (Å²) in [5.41, 5.74) is 0.709. The van der Waals surface area contributed by atoms with E-state index in [4.69, 9.17) is 5.11 Å². The molecular weight excluding hydrogens is 184 g/mol. The molecule has 0 saturated heterocycles. The maximum Gasteiger partial charge on any atom is 0.175 e. The number of hydrogen-bond donors (Lipinski definition) is 1. The van der Waals surface area contributed by atoms with Gasteiger partial charge in [-0.15, -0.1) is 5.10 Å². The second kappa shape index (κ2) is 3.88. The normalized spacial score (nSPS) is 10.4. The Morgan fingerprint density at radius 1 is 1.36 bits per heavy atom. The van der Waals surface area contributed by atoms with Crippen LogP contribution in [0.3, 0.4) is 0 Å². The van der Waals surface area contributed by atoms with E-state index in [0.717, 1.165) is 0 Å². The fourth-order valence-electron chi connectivity index (χ4n) is 1.01. The van der Waals surface area contributed by atoms with Crippen molar-refractivity contribution < 1.29 is 5.11 Å². The van der Waals surface area contributed by atoms with E-state index < -0.39 is 0 Å². The zero-order chi connectivity index (χ0) is 9.80. The van der Waals surface area contributed by atoms with Crippen molar-refractivity contribution in [3.8, 4) is 5.82 Å². The molecule has 7 heteroatoms. The lowest BCUT2D eigenvalue weighted by Crippen LogP contribution is -2.03. The van der Waals surface area contributed by atoms with E-state index in [1.165, 1.54) is 11.0 Å². The van der Waals surface area contributed by atoms with Gasteiger partial charge in [0.25, 0.3) is 0 Å². The van der Waals surface area contributed by atoms with Gasteiger partial charge in [0.2, 0.25) is 0 Å². The molecule has 0 amide bonds. The van der Waals surface area contributed by atoms with Gasteiger partial charge in [-0.1, -0.05) is 0 Å². The summed E-state index contributed by atoms with van der Waals surface area (Å²) in [6.07, 6.45) is 5.07. The third-order valence-corrected chi connectivity index (χ3v) is 1.62. The standard InChI is InChI=1S/C7H8N6O/c14-2-1-6-3-8-4-7(10-6)13-5-9-11-12-13/h3-5,14H,1-2H2. The maximum absolute atomic E-state index is 8.73. The van der Waals surface area contributed by atoms with Gasteiger partial charge in [-0.3, -0.25) is 4.98 Å². The lowest BCUT2D eigenvalue weighted by Gasteiger charge is -2.00. The third-order valence-electron chi connectivity index (χ3n) is 1.62. The van der Waals surface area contributed by atoms with E-state index in [-0.39, 0.29) is 6.61 Å². The highest BCUT2D eigenvalue weighted by Gasteiger charge is 2.01. The largest absolute Gasteiger partial charge is 0.396 e. The molecule has 0 atom stereocenters. The molecule has 0 aliphatic rings. The van der Waals surface area contributed by atoms with Crippen LogP contribution in [0.15, 0.2) is 18.7 Å². The Morgan fingerprint density at radius 2 is 2.29 bits per heavy atom. The number of tetrazole rings is 1. The van der Waals surface area contributed by atoms with Crippen LogP contribution in [0.1, 0.15) is 5.69 Å². The van der Waals surface area contributed by atoms with Gasteiger partial charge < -0.3 is 5.11 Å². The van der Waals surface area contributed by atoms with Gasteiger partial charge in [0.1, 0.15) is 6.33 Å². The number of rotatable bonds is 3. The molecule has 0 aliphatic carbocycles. The number of aliphatic hydroxyl groups excluding tert-OH is 1. The van der Waals surface area contributed by atoms with Gasteiger partial charge in [-0.25, -0.2) is 4.98 Å². The summed E-state index contributed by atoms with van der Waals surface area (Å²) >= 11 is 0. The molecule has 0 aliphatic heterocycles. The van der Waals surface area contributed by atoms with Gasteiger partial charge >= 0.3 is 0 Å². The van der Waals surface area contributed by atoms with Crippen LogP contribution in [0.25, 0.3) is 5.82 Å². The monoisotopic (exact) mass is 192 g/mol. The van der Waals surface area contributed by atoms with Crippen LogP contribution in [0.2, 0.25) is 0 Å². The van der Waals surface area contributed by atoms with E-state index in [0.29, 0.717) is 17.9 Å². The van der Waals surface area contributed by atoms with Crippen molar-refractivity contribution in [2.75, 3.05) is 6.61 Å². The molecule has 0 aromatic carbocycles. The van der Waals surface area contributed by atoms with E-state index in [9.17, 15) is 0 Å². The highest BCUT2D eigenvalue weighted by atomic mass is 16.3. The predicted octanol–water partition coefficient (Wildman–Crippen LogP) is -1.01. The molecule has 2 rings (SSSR count). The first-order valence-electron chi connectivity index (χ1n) is 4.05. The fraction of sp³-hybridized carbons (Fsp3) is 0.286. The number of hydrogen-bond acceptors (Lipinski definition) is 6. The minimum atomic E-state index is 0.0493. The number of aliphatic hydroxyl groups is 1. The smallest absolute Gasteiger partial charge is 0.175 e. The van der Waals surface area contributed by atoms with Crippen LogP contribution >= 0.6 is 0 Å². The number of nitrogens with zero attached hydrogens (tertiary/aromatic N) is 6. The first-order valence-corrected chi connectivity index (χ1v) is 4.05. The summed E-state index contributed by atoms with van der Waals surface area (Å²) in [5.74, 6) is 0.543. The molecule has 0 fully saturated rings. The molecule has 0 spiro atoms. The number of aromatic nitrogens is 6. The summed E-state index contributed by atoms with van der Waals surface area (Å²) in [6.45, 7) is 0.0493. The summed E-state index contributed by atoms with van der Waals surface area (Å²) < 4.78 is 1.41. The Kier molecular flexibility index (Phi) is 2.41. The minimum absolute atomic E-state index is 0.0493. The average Bonchev–Trinajstić information content (AvgIpc) is 2.71. The molecule has 14 heavy (non-hydrogen) atoms. The molecule has 2 aromatic heterocycles. The van der Waals surface area contributed by atoms with Crippen molar-refractivity contribution in [3.05, 3.63) is 24.4 Å². The van der Waals surface area contributed by atoms with Crippen LogP contribution in [0.4, 0.5) is 0 Å². The van der Waals surface area contributed by atoms with Crippen molar-refractivity contribution in [1.82, 2.24) is 30.2 Å². The predicted molar refractivity (Wildman–Crippen MR) is 45.5 cm³/mol. The molecule has 0 unspecified atom stereocenters. The second-order valence-electron chi connectivity index (χ2n) is 2.60. The Bertz CT molecular complexity index is 400. The van der Waals surface area contributed by atoms with E-state index in [1.54, 1.807) is 12.4 Å². The Morgan fingerprint density at radius 3 is 3.00 bits per heavy atom. The summed E-state index contributed by atoms with van der Waals surface area (Å²) in [7, 11) is 0. The Labute approximate surface area is 79.4 Å². The summed E-state index contributed by atoms with van der Waals surface area (Å²) in [4.78, 5) is 8.17. The van der Waals surface area contributed by atoms with Crippen LogP contribution in [-0.2, 0) is 6.42 Å². The quantitative estimate of drug-likeness (QED) is 0.670. The first kappa shape index (κ1) is 8.70. The molecule has 72 valence electrons. The van der Waals surface area contributed by atoms with Gasteiger partial charge in [0.05, 0.1) is 11.9 Å². The Balaban J connectivity index is 2.31. The van der Waals surface area contributed by atoms with Crippen molar-refractivity contribution in [1.29, 1.82) is 0 Å². The van der Waals surface area contributed by atoms with Crippen LogP contribution in [0, 0.1) is 0 Å². The van der Waals surface area contributed by atoms with Crippen molar-refractivity contribution in [3.63, 3.8) is 0 Å². The van der Waals surface area contributed by atoms with Gasteiger partial charge in [0, 0.05) is 19.2 Å². The molecule has 0 saturated carbocycles. The third kappa shape index (κ3) is 1.72.